The number of nitrogens with zero attached hydrogens (tertiary/aromatic N) is 3. The number of rotatable bonds is 3. The highest BCUT2D eigenvalue weighted by atomic mass is 16.5. The molecule has 2 aromatic heterocycles. The first-order valence-electron chi connectivity index (χ1n) is 8.21. The Hall–Kier alpha value is -3.15. The molecule has 0 fully saturated rings. The van der Waals surface area contributed by atoms with Gasteiger partial charge in [0.25, 0.3) is 0 Å². The molecule has 3 aromatic rings. The van der Waals surface area contributed by atoms with Crippen molar-refractivity contribution in [2.75, 3.05) is 11.1 Å². The second-order valence-corrected chi connectivity index (χ2v) is 6.02. The molecule has 3 N–H and O–H groups in total. The summed E-state index contributed by atoms with van der Waals surface area (Å²) in [7, 11) is 0. The zero-order chi connectivity index (χ0) is 17.2. The molecule has 126 valence electrons. The molecule has 4 rings (SSSR count). The number of para-hydroxylation sites is 1. The lowest BCUT2D eigenvalue weighted by Gasteiger charge is -2.14. The fourth-order valence-electron chi connectivity index (χ4n) is 3.01. The summed E-state index contributed by atoms with van der Waals surface area (Å²) in [6.45, 7) is 2.90. The van der Waals surface area contributed by atoms with Crippen molar-refractivity contribution < 1.29 is 4.74 Å². The molecule has 1 aromatic carbocycles. The molecule has 0 saturated carbocycles. The molecule has 3 heterocycles. The molecule has 0 unspecified atom stereocenters. The Morgan fingerprint density at radius 1 is 1.16 bits per heavy atom. The molecule has 25 heavy (non-hydrogen) atoms. The molecule has 0 atom stereocenters. The standard InChI is InChI=1S/C19H19N5O/c1-12-23-16-11-25-17-7-3-2-5-13(17)9-15(16)19(24-12)22-10-14-6-4-8-21-18(14)20/h2-8H,9-11H2,1H3,(H2,20,21)(H,22,23,24). The number of anilines is 2. The minimum absolute atomic E-state index is 0.444. The number of nitrogens with one attached hydrogen (secondary N) is 1. The molecule has 6 heteroatoms. The van der Waals surface area contributed by atoms with E-state index in [2.05, 4.69) is 26.3 Å². The number of benzene rings is 1. The van der Waals surface area contributed by atoms with Crippen LogP contribution in [0.4, 0.5) is 11.6 Å². The van der Waals surface area contributed by atoms with Gasteiger partial charge in [-0.2, -0.15) is 0 Å². The summed E-state index contributed by atoms with van der Waals surface area (Å²) < 4.78 is 5.92. The predicted octanol–water partition coefficient (Wildman–Crippen LogP) is 2.86. The van der Waals surface area contributed by atoms with E-state index < -0.39 is 0 Å². The summed E-state index contributed by atoms with van der Waals surface area (Å²) in [4.78, 5) is 13.3. The second-order valence-electron chi connectivity index (χ2n) is 6.02. The van der Waals surface area contributed by atoms with Crippen LogP contribution in [0.15, 0.2) is 42.6 Å². The van der Waals surface area contributed by atoms with Gasteiger partial charge in [-0.1, -0.05) is 24.3 Å². The van der Waals surface area contributed by atoms with E-state index in [1.807, 2.05) is 37.3 Å². The van der Waals surface area contributed by atoms with Crippen LogP contribution in [0.25, 0.3) is 0 Å². The van der Waals surface area contributed by atoms with Crippen molar-refractivity contribution in [2.45, 2.75) is 26.5 Å². The van der Waals surface area contributed by atoms with Crippen molar-refractivity contribution in [1.29, 1.82) is 0 Å². The summed E-state index contributed by atoms with van der Waals surface area (Å²) in [5, 5.41) is 3.40. The van der Waals surface area contributed by atoms with E-state index in [4.69, 9.17) is 10.5 Å². The lowest BCUT2D eigenvalue weighted by molar-refractivity contribution is 0.302. The van der Waals surface area contributed by atoms with Crippen LogP contribution in [-0.4, -0.2) is 15.0 Å². The van der Waals surface area contributed by atoms with Crippen LogP contribution in [0.1, 0.15) is 28.2 Å². The highest BCUT2D eigenvalue weighted by Crippen LogP contribution is 2.30. The number of hydrogen-bond donors (Lipinski definition) is 2. The van der Waals surface area contributed by atoms with Crippen LogP contribution in [0.5, 0.6) is 5.75 Å². The number of hydrogen-bond acceptors (Lipinski definition) is 6. The molecule has 1 aliphatic rings. The van der Waals surface area contributed by atoms with Crippen molar-refractivity contribution in [3.05, 3.63) is 70.8 Å². The lowest BCUT2D eigenvalue weighted by Crippen LogP contribution is -2.12. The third-order valence-electron chi connectivity index (χ3n) is 4.28. The highest BCUT2D eigenvalue weighted by Gasteiger charge is 2.20. The number of fused-ring (bicyclic) bond motifs is 2. The zero-order valence-electron chi connectivity index (χ0n) is 14.0. The van der Waals surface area contributed by atoms with E-state index in [0.717, 1.165) is 46.2 Å². The summed E-state index contributed by atoms with van der Waals surface area (Å²) >= 11 is 0. The SMILES string of the molecule is Cc1nc2c(c(NCc3cccnc3N)n1)Cc1ccccc1OC2. The monoisotopic (exact) mass is 333 g/mol. The number of nitrogen functional groups attached to an aromatic ring is 1. The van der Waals surface area contributed by atoms with Crippen LogP contribution in [0, 0.1) is 6.92 Å². The van der Waals surface area contributed by atoms with Gasteiger partial charge in [0.05, 0.1) is 5.69 Å². The molecule has 0 bridgehead atoms. The van der Waals surface area contributed by atoms with Gasteiger partial charge in [-0.3, -0.25) is 0 Å². The molecular formula is C19H19N5O. The van der Waals surface area contributed by atoms with Gasteiger partial charge in [0.15, 0.2) is 0 Å². The maximum Gasteiger partial charge on any atom is 0.133 e. The van der Waals surface area contributed by atoms with Gasteiger partial charge in [-0.15, -0.1) is 0 Å². The van der Waals surface area contributed by atoms with Gasteiger partial charge in [0, 0.05) is 30.3 Å². The summed E-state index contributed by atoms with van der Waals surface area (Å²) in [6.07, 6.45) is 2.42. The van der Waals surface area contributed by atoms with Crippen molar-refractivity contribution in [1.82, 2.24) is 15.0 Å². The van der Waals surface area contributed by atoms with Crippen LogP contribution in [0.2, 0.25) is 0 Å². The average Bonchev–Trinajstić information content (AvgIpc) is 2.80. The first kappa shape index (κ1) is 15.4. The Bertz CT molecular complexity index is 925. The van der Waals surface area contributed by atoms with Gasteiger partial charge in [-0.05, 0) is 24.6 Å². The van der Waals surface area contributed by atoms with Crippen molar-refractivity contribution in [3.63, 3.8) is 0 Å². The third kappa shape index (κ3) is 3.10. The number of nitrogens with two attached hydrogens (primary N) is 1. The number of ether oxygens (including phenoxy) is 1. The number of pyridine rings is 1. The molecule has 0 spiro atoms. The fraction of sp³-hybridized carbons (Fsp3) is 0.211. The third-order valence-corrected chi connectivity index (χ3v) is 4.28. The fourth-order valence-corrected chi connectivity index (χ4v) is 3.01. The summed E-state index contributed by atoms with van der Waals surface area (Å²) in [5.41, 5.74) is 10.0. The largest absolute Gasteiger partial charge is 0.487 e. The molecule has 0 amide bonds. The van der Waals surface area contributed by atoms with E-state index >= 15 is 0 Å². The van der Waals surface area contributed by atoms with Crippen LogP contribution in [0.3, 0.4) is 0 Å². The average molecular weight is 333 g/mol. The van der Waals surface area contributed by atoms with Gasteiger partial charge in [0.2, 0.25) is 0 Å². The molecular weight excluding hydrogens is 314 g/mol. The quantitative estimate of drug-likeness (QED) is 0.766. The Balaban J connectivity index is 1.68. The van der Waals surface area contributed by atoms with Crippen molar-refractivity contribution in [3.8, 4) is 5.75 Å². The van der Waals surface area contributed by atoms with Gasteiger partial charge < -0.3 is 15.8 Å². The number of aromatic nitrogens is 3. The normalized spacial score (nSPS) is 12.5. The molecule has 0 radical (unpaired) electrons. The molecule has 1 aliphatic heterocycles. The van der Waals surface area contributed by atoms with Gasteiger partial charge in [0.1, 0.15) is 29.8 Å². The number of aryl methyl sites for hydroxylation is 1. The van der Waals surface area contributed by atoms with Crippen LogP contribution in [-0.2, 0) is 19.6 Å². The highest BCUT2D eigenvalue weighted by molar-refractivity contribution is 5.53. The van der Waals surface area contributed by atoms with Gasteiger partial charge >= 0.3 is 0 Å². The van der Waals surface area contributed by atoms with Crippen LogP contribution < -0.4 is 15.8 Å². The summed E-state index contributed by atoms with van der Waals surface area (Å²) in [6, 6.07) is 11.9. The van der Waals surface area contributed by atoms with E-state index in [0.29, 0.717) is 19.0 Å². The maximum absolute atomic E-state index is 5.94. The molecule has 0 aliphatic carbocycles. The minimum atomic E-state index is 0.444. The predicted molar refractivity (Wildman–Crippen MR) is 96.3 cm³/mol. The van der Waals surface area contributed by atoms with E-state index in [1.54, 1.807) is 6.20 Å². The smallest absolute Gasteiger partial charge is 0.133 e. The van der Waals surface area contributed by atoms with Crippen molar-refractivity contribution >= 4 is 11.6 Å². The molecule has 6 nitrogen and oxygen atoms in total. The Morgan fingerprint density at radius 2 is 2.04 bits per heavy atom. The first-order valence-corrected chi connectivity index (χ1v) is 8.21. The first-order chi connectivity index (χ1) is 12.2. The topological polar surface area (TPSA) is 86.0 Å². The van der Waals surface area contributed by atoms with Gasteiger partial charge in [-0.25, -0.2) is 15.0 Å². The Kier molecular flexibility index (Phi) is 3.93. The second kappa shape index (κ2) is 6.39. The molecule has 0 saturated heterocycles. The Morgan fingerprint density at radius 3 is 2.92 bits per heavy atom. The maximum atomic E-state index is 5.94. The van der Waals surface area contributed by atoms with E-state index in [-0.39, 0.29) is 0 Å². The van der Waals surface area contributed by atoms with E-state index in [1.165, 1.54) is 0 Å². The zero-order valence-corrected chi connectivity index (χ0v) is 14.0. The Labute approximate surface area is 146 Å². The lowest BCUT2D eigenvalue weighted by atomic mass is 10.0. The minimum Gasteiger partial charge on any atom is -0.487 e. The summed E-state index contributed by atoms with van der Waals surface area (Å²) in [5.74, 6) is 2.97. The van der Waals surface area contributed by atoms with Crippen molar-refractivity contribution in [2.24, 2.45) is 0 Å². The van der Waals surface area contributed by atoms with E-state index in [9.17, 15) is 0 Å². The van der Waals surface area contributed by atoms with Crippen LogP contribution >= 0.6 is 0 Å².